The smallest absolute Gasteiger partial charge is 0.261 e. The summed E-state index contributed by atoms with van der Waals surface area (Å²) >= 11 is 5.82. The van der Waals surface area contributed by atoms with Gasteiger partial charge in [-0.3, -0.25) is 4.79 Å². The monoisotopic (exact) mass is 371 g/mol. The second-order valence-electron chi connectivity index (χ2n) is 5.81. The fourth-order valence-corrected chi connectivity index (χ4v) is 2.35. The third-order valence-corrected chi connectivity index (χ3v) is 3.94. The van der Waals surface area contributed by atoms with Crippen molar-refractivity contribution in [3.05, 3.63) is 65.0 Å². The molecule has 0 aliphatic carbocycles. The summed E-state index contributed by atoms with van der Waals surface area (Å²) in [6.07, 6.45) is -0.671. The van der Waals surface area contributed by atoms with E-state index in [9.17, 15) is 4.79 Å². The van der Waals surface area contributed by atoms with Crippen LogP contribution in [0.3, 0.4) is 0 Å². The fourth-order valence-electron chi connectivity index (χ4n) is 2.22. The largest absolute Gasteiger partial charge is 0.481 e. The van der Waals surface area contributed by atoms with Crippen LogP contribution in [-0.4, -0.2) is 22.2 Å². The van der Waals surface area contributed by atoms with Crippen LogP contribution >= 0.6 is 11.6 Å². The quantitative estimate of drug-likeness (QED) is 0.713. The standard InChI is InChI=1S/C19H18ClN3O3/c1-12-3-5-14(6-4-12)18-22-17(26-23-18)11-21-19(24)13(2)25-16-9-7-15(20)8-10-16/h3-10,13H,11H2,1-2H3,(H,21,24)/t13-/m1/s1. The molecule has 0 spiro atoms. The highest BCUT2D eigenvalue weighted by Crippen LogP contribution is 2.17. The Morgan fingerprint density at radius 2 is 1.88 bits per heavy atom. The summed E-state index contributed by atoms with van der Waals surface area (Å²) in [5.41, 5.74) is 2.01. The van der Waals surface area contributed by atoms with Crippen LogP contribution in [0.15, 0.2) is 53.1 Å². The topological polar surface area (TPSA) is 77.2 Å². The van der Waals surface area contributed by atoms with E-state index in [0.717, 1.165) is 11.1 Å². The number of hydrogen-bond donors (Lipinski definition) is 1. The zero-order valence-electron chi connectivity index (χ0n) is 14.4. The molecule has 1 N–H and O–H groups in total. The Bertz CT molecular complexity index is 876. The van der Waals surface area contributed by atoms with Crippen LogP contribution in [0.2, 0.25) is 5.02 Å². The highest BCUT2D eigenvalue weighted by atomic mass is 35.5. The minimum atomic E-state index is -0.671. The molecule has 2 aromatic carbocycles. The molecule has 1 amide bonds. The van der Waals surface area contributed by atoms with Gasteiger partial charge in [-0.2, -0.15) is 4.98 Å². The molecule has 0 unspecified atom stereocenters. The predicted molar refractivity (Wildman–Crippen MR) is 97.9 cm³/mol. The van der Waals surface area contributed by atoms with Crippen molar-refractivity contribution in [3.8, 4) is 17.1 Å². The van der Waals surface area contributed by atoms with Crippen molar-refractivity contribution in [3.63, 3.8) is 0 Å². The van der Waals surface area contributed by atoms with Crippen molar-refractivity contribution in [2.75, 3.05) is 0 Å². The molecule has 1 aromatic heterocycles. The average Bonchev–Trinajstić information content (AvgIpc) is 3.11. The molecular weight excluding hydrogens is 354 g/mol. The number of aromatic nitrogens is 2. The van der Waals surface area contributed by atoms with Gasteiger partial charge in [0, 0.05) is 10.6 Å². The summed E-state index contributed by atoms with van der Waals surface area (Å²) in [6, 6.07) is 14.6. The van der Waals surface area contributed by atoms with Gasteiger partial charge in [0.05, 0.1) is 6.54 Å². The third-order valence-electron chi connectivity index (χ3n) is 3.69. The lowest BCUT2D eigenvalue weighted by molar-refractivity contribution is -0.127. The van der Waals surface area contributed by atoms with Gasteiger partial charge in [-0.15, -0.1) is 0 Å². The van der Waals surface area contributed by atoms with Crippen LogP contribution in [0.4, 0.5) is 0 Å². The first-order valence-corrected chi connectivity index (χ1v) is 8.48. The molecule has 0 fully saturated rings. The minimum absolute atomic E-state index is 0.131. The number of carbonyl (C=O) groups excluding carboxylic acids is 1. The Labute approximate surface area is 156 Å². The molecule has 0 bridgehead atoms. The van der Waals surface area contributed by atoms with Crippen LogP contribution in [0.1, 0.15) is 18.4 Å². The maximum Gasteiger partial charge on any atom is 0.261 e. The van der Waals surface area contributed by atoms with Crippen molar-refractivity contribution in [2.24, 2.45) is 0 Å². The number of halogens is 1. The van der Waals surface area contributed by atoms with Crippen molar-refractivity contribution in [1.29, 1.82) is 0 Å². The minimum Gasteiger partial charge on any atom is -0.481 e. The molecule has 0 radical (unpaired) electrons. The molecule has 0 saturated carbocycles. The van der Waals surface area contributed by atoms with Crippen LogP contribution in [0, 0.1) is 6.92 Å². The fraction of sp³-hybridized carbons (Fsp3) is 0.211. The van der Waals surface area contributed by atoms with Gasteiger partial charge in [-0.1, -0.05) is 46.6 Å². The van der Waals surface area contributed by atoms with Crippen LogP contribution < -0.4 is 10.1 Å². The van der Waals surface area contributed by atoms with Crippen LogP contribution in [0.5, 0.6) is 5.75 Å². The average molecular weight is 372 g/mol. The summed E-state index contributed by atoms with van der Waals surface area (Å²) in [6.45, 7) is 3.80. The van der Waals surface area contributed by atoms with E-state index in [1.54, 1.807) is 31.2 Å². The molecule has 26 heavy (non-hydrogen) atoms. The van der Waals surface area contributed by atoms with Crippen molar-refractivity contribution < 1.29 is 14.1 Å². The number of ether oxygens (including phenoxy) is 1. The molecule has 6 nitrogen and oxygen atoms in total. The van der Waals surface area contributed by atoms with Crippen molar-refractivity contribution >= 4 is 17.5 Å². The Morgan fingerprint density at radius 1 is 1.19 bits per heavy atom. The number of amides is 1. The number of rotatable bonds is 6. The van der Waals surface area contributed by atoms with E-state index >= 15 is 0 Å². The van der Waals surface area contributed by atoms with Gasteiger partial charge in [0.15, 0.2) is 6.10 Å². The molecule has 0 aliphatic heterocycles. The molecule has 134 valence electrons. The lowest BCUT2D eigenvalue weighted by Gasteiger charge is -2.13. The number of aryl methyl sites for hydroxylation is 1. The van der Waals surface area contributed by atoms with Crippen molar-refractivity contribution in [2.45, 2.75) is 26.5 Å². The summed E-state index contributed by atoms with van der Waals surface area (Å²) in [5, 5.41) is 7.26. The maximum absolute atomic E-state index is 12.1. The first-order chi connectivity index (χ1) is 12.5. The Kier molecular flexibility index (Phi) is 5.53. The number of hydrogen-bond acceptors (Lipinski definition) is 5. The Hall–Kier alpha value is -2.86. The van der Waals surface area contributed by atoms with E-state index in [-0.39, 0.29) is 12.5 Å². The second kappa shape index (κ2) is 8.01. The Balaban J connectivity index is 1.54. The van der Waals surface area contributed by atoms with Gasteiger partial charge in [0.1, 0.15) is 5.75 Å². The van der Waals surface area contributed by atoms with Crippen molar-refractivity contribution in [1.82, 2.24) is 15.5 Å². The SMILES string of the molecule is Cc1ccc(-c2noc(CNC(=O)[C@@H](C)Oc3ccc(Cl)cc3)n2)cc1. The van der Waals surface area contributed by atoms with Gasteiger partial charge >= 0.3 is 0 Å². The number of nitrogens with zero attached hydrogens (tertiary/aromatic N) is 2. The summed E-state index contributed by atoms with van der Waals surface area (Å²) in [4.78, 5) is 16.4. The van der Waals surface area contributed by atoms with E-state index in [1.807, 2.05) is 31.2 Å². The van der Waals surface area contributed by atoms with Gasteiger partial charge in [-0.25, -0.2) is 0 Å². The summed E-state index contributed by atoms with van der Waals surface area (Å²) < 4.78 is 10.7. The van der Waals surface area contributed by atoms with E-state index in [2.05, 4.69) is 15.5 Å². The summed E-state index contributed by atoms with van der Waals surface area (Å²) in [5.74, 6) is 1.10. The second-order valence-corrected chi connectivity index (χ2v) is 6.25. The van der Waals surface area contributed by atoms with E-state index in [4.69, 9.17) is 20.9 Å². The zero-order valence-corrected chi connectivity index (χ0v) is 15.2. The molecule has 1 atom stereocenters. The molecule has 3 aromatic rings. The number of benzene rings is 2. The van der Waals surface area contributed by atoms with E-state index in [0.29, 0.717) is 22.5 Å². The predicted octanol–water partition coefficient (Wildman–Crippen LogP) is 3.78. The molecule has 1 heterocycles. The highest BCUT2D eigenvalue weighted by molar-refractivity contribution is 6.30. The Morgan fingerprint density at radius 3 is 2.58 bits per heavy atom. The molecule has 7 heteroatoms. The normalized spacial score (nSPS) is 11.8. The first kappa shape index (κ1) is 17.9. The lowest BCUT2D eigenvalue weighted by atomic mass is 10.1. The van der Waals surface area contributed by atoms with Crippen LogP contribution in [0.25, 0.3) is 11.4 Å². The summed E-state index contributed by atoms with van der Waals surface area (Å²) in [7, 11) is 0. The highest BCUT2D eigenvalue weighted by Gasteiger charge is 2.16. The molecule has 3 rings (SSSR count). The number of nitrogens with one attached hydrogen (secondary N) is 1. The zero-order chi connectivity index (χ0) is 18.5. The third kappa shape index (κ3) is 4.61. The van der Waals surface area contributed by atoms with Crippen LogP contribution in [-0.2, 0) is 11.3 Å². The van der Waals surface area contributed by atoms with E-state index in [1.165, 1.54) is 0 Å². The molecule has 0 aliphatic rings. The van der Waals surface area contributed by atoms with Gasteiger partial charge in [0.25, 0.3) is 5.91 Å². The van der Waals surface area contributed by atoms with Gasteiger partial charge < -0.3 is 14.6 Å². The van der Waals surface area contributed by atoms with Gasteiger partial charge in [-0.05, 0) is 38.1 Å². The van der Waals surface area contributed by atoms with Gasteiger partial charge in [0.2, 0.25) is 11.7 Å². The maximum atomic E-state index is 12.1. The molecule has 0 saturated heterocycles. The molecular formula is C19H18ClN3O3. The lowest BCUT2D eigenvalue weighted by Crippen LogP contribution is -2.35. The first-order valence-electron chi connectivity index (χ1n) is 8.11. The number of carbonyl (C=O) groups is 1. The van der Waals surface area contributed by atoms with E-state index < -0.39 is 6.10 Å².